The van der Waals surface area contributed by atoms with E-state index in [1.807, 2.05) is 19.9 Å². The molecule has 0 saturated carbocycles. The predicted octanol–water partition coefficient (Wildman–Crippen LogP) is 1.04. The van der Waals surface area contributed by atoms with Gasteiger partial charge in [-0.25, -0.2) is 9.48 Å². The van der Waals surface area contributed by atoms with Crippen molar-refractivity contribution in [1.82, 2.24) is 30.2 Å². The molecule has 0 bridgehead atoms. The first-order chi connectivity index (χ1) is 19.6. The number of benzene rings is 1. The molecule has 4 amide bonds. The molecule has 41 heavy (non-hydrogen) atoms. The van der Waals surface area contributed by atoms with Crippen LogP contribution in [0.25, 0.3) is 5.69 Å². The monoisotopic (exact) mass is 572 g/mol. The van der Waals surface area contributed by atoms with Gasteiger partial charge in [0.25, 0.3) is 11.8 Å². The molecule has 1 atom stereocenters. The lowest BCUT2D eigenvalue weighted by atomic mass is 10.1. The summed E-state index contributed by atoms with van der Waals surface area (Å²) in [5.74, 6) is -2.52. The second kappa shape index (κ2) is 14.7. The number of rotatable bonds is 12. The standard InChI is InChI=1S/C27H36N6O8/c1-4-40-27(39)32-14-12-31(13-15-32)26(38)20(10-11-24(35)36)29-25(37)21-16-23(41-17-22(34)28-18(2)3)33(30-21)19-8-6-5-7-9-19/h5-9,16,18,20H,4,10-15,17H2,1-3H3,(H,28,34)(H,29,37)(H,35,36)/t20-/m0/s1. The molecule has 1 aromatic heterocycles. The van der Waals surface area contributed by atoms with E-state index in [1.54, 1.807) is 31.2 Å². The number of carbonyl (C=O) groups excluding carboxylic acids is 4. The van der Waals surface area contributed by atoms with Crippen LogP contribution in [0.1, 0.15) is 44.1 Å². The summed E-state index contributed by atoms with van der Waals surface area (Å²) in [6.45, 7) is 6.16. The number of carbonyl (C=O) groups is 5. The number of hydrogen-bond acceptors (Lipinski definition) is 8. The van der Waals surface area contributed by atoms with Crippen molar-refractivity contribution < 1.29 is 38.6 Å². The van der Waals surface area contributed by atoms with E-state index in [0.717, 1.165) is 0 Å². The average molecular weight is 573 g/mol. The van der Waals surface area contributed by atoms with Gasteiger partial charge in [-0.05, 0) is 39.3 Å². The highest BCUT2D eigenvalue weighted by molar-refractivity contribution is 5.96. The number of piperazine rings is 1. The van der Waals surface area contributed by atoms with Gasteiger partial charge in [0.1, 0.15) is 6.04 Å². The van der Waals surface area contributed by atoms with Crippen molar-refractivity contribution in [2.45, 2.75) is 45.7 Å². The number of aliphatic carboxylic acids is 1. The summed E-state index contributed by atoms with van der Waals surface area (Å²) in [6.07, 6.45) is -0.961. The SMILES string of the molecule is CCOC(=O)N1CCN(C(=O)[C@H](CCC(=O)O)NC(=O)c2cc(OCC(=O)NC(C)C)n(-c3ccccc3)n2)CC1. The van der Waals surface area contributed by atoms with Crippen molar-refractivity contribution in [3.8, 4) is 11.6 Å². The summed E-state index contributed by atoms with van der Waals surface area (Å²) in [5.41, 5.74) is 0.483. The van der Waals surface area contributed by atoms with Crippen LogP contribution >= 0.6 is 0 Å². The third-order valence-corrected chi connectivity index (χ3v) is 6.08. The van der Waals surface area contributed by atoms with Crippen LogP contribution in [0.4, 0.5) is 4.79 Å². The van der Waals surface area contributed by atoms with Crippen molar-refractivity contribution in [1.29, 1.82) is 0 Å². The van der Waals surface area contributed by atoms with E-state index in [-0.39, 0.29) is 75.8 Å². The first-order valence-corrected chi connectivity index (χ1v) is 13.4. The van der Waals surface area contributed by atoms with Gasteiger partial charge in [0.05, 0.1) is 12.3 Å². The Morgan fingerprint density at radius 2 is 1.66 bits per heavy atom. The molecule has 0 unspecified atom stereocenters. The van der Waals surface area contributed by atoms with Crippen LogP contribution in [0.2, 0.25) is 0 Å². The lowest BCUT2D eigenvalue weighted by molar-refractivity contribution is -0.138. The minimum atomic E-state index is -1.14. The average Bonchev–Trinajstić information content (AvgIpc) is 3.38. The maximum atomic E-state index is 13.3. The Kier molecular flexibility index (Phi) is 11.1. The first-order valence-electron chi connectivity index (χ1n) is 13.4. The Morgan fingerprint density at radius 3 is 2.27 bits per heavy atom. The minimum Gasteiger partial charge on any atom is -0.481 e. The first kappa shape index (κ1) is 30.9. The van der Waals surface area contributed by atoms with Gasteiger partial charge in [0.15, 0.2) is 12.3 Å². The fourth-order valence-electron chi connectivity index (χ4n) is 4.14. The van der Waals surface area contributed by atoms with Crippen molar-refractivity contribution >= 4 is 29.8 Å². The highest BCUT2D eigenvalue weighted by Gasteiger charge is 2.31. The van der Waals surface area contributed by atoms with Crippen LogP contribution < -0.4 is 15.4 Å². The second-order valence-electron chi connectivity index (χ2n) is 9.60. The summed E-state index contributed by atoms with van der Waals surface area (Å²) in [5, 5.41) is 18.9. The molecule has 1 fully saturated rings. The Labute approximate surface area is 237 Å². The van der Waals surface area contributed by atoms with Crippen LogP contribution in [0, 0.1) is 0 Å². The van der Waals surface area contributed by atoms with Crippen molar-refractivity contribution in [3.05, 3.63) is 42.1 Å². The highest BCUT2D eigenvalue weighted by Crippen LogP contribution is 2.20. The van der Waals surface area contributed by atoms with Crippen molar-refractivity contribution in [3.63, 3.8) is 0 Å². The zero-order valence-corrected chi connectivity index (χ0v) is 23.4. The predicted molar refractivity (Wildman–Crippen MR) is 146 cm³/mol. The van der Waals surface area contributed by atoms with Crippen LogP contribution in [0.5, 0.6) is 5.88 Å². The minimum absolute atomic E-state index is 0.0834. The molecule has 1 aliphatic rings. The molecular formula is C27H36N6O8. The van der Waals surface area contributed by atoms with E-state index in [9.17, 15) is 29.1 Å². The van der Waals surface area contributed by atoms with Crippen LogP contribution in [0.3, 0.4) is 0 Å². The summed E-state index contributed by atoms with van der Waals surface area (Å²) in [6, 6.07) is 8.96. The summed E-state index contributed by atoms with van der Waals surface area (Å²) in [7, 11) is 0. The van der Waals surface area contributed by atoms with E-state index in [4.69, 9.17) is 9.47 Å². The molecule has 14 heteroatoms. The molecule has 3 N–H and O–H groups in total. The number of carboxylic acids is 1. The van der Waals surface area contributed by atoms with E-state index < -0.39 is 29.9 Å². The topological polar surface area (TPSA) is 172 Å². The number of nitrogens with one attached hydrogen (secondary N) is 2. The van der Waals surface area contributed by atoms with E-state index >= 15 is 0 Å². The van der Waals surface area contributed by atoms with Crippen LogP contribution in [0.15, 0.2) is 36.4 Å². The van der Waals surface area contributed by atoms with E-state index in [2.05, 4.69) is 15.7 Å². The maximum Gasteiger partial charge on any atom is 0.409 e. The van der Waals surface area contributed by atoms with Gasteiger partial charge >= 0.3 is 12.1 Å². The number of para-hydroxylation sites is 1. The molecule has 222 valence electrons. The van der Waals surface area contributed by atoms with Gasteiger partial charge in [0.2, 0.25) is 11.8 Å². The molecule has 14 nitrogen and oxygen atoms in total. The molecular weight excluding hydrogens is 536 g/mol. The quantitative estimate of drug-likeness (QED) is 0.336. The molecule has 3 rings (SSSR count). The van der Waals surface area contributed by atoms with Gasteiger partial charge in [0, 0.05) is 44.7 Å². The van der Waals surface area contributed by atoms with Gasteiger partial charge in [-0.1, -0.05) is 18.2 Å². The molecule has 2 aromatic rings. The fraction of sp³-hybridized carbons (Fsp3) is 0.481. The number of amides is 4. The normalized spacial score (nSPS) is 13.9. The highest BCUT2D eigenvalue weighted by atomic mass is 16.6. The fourth-order valence-corrected chi connectivity index (χ4v) is 4.14. The molecule has 2 heterocycles. The molecule has 0 aliphatic carbocycles. The third-order valence-electron chi connectivity index (χ3n) is 6.08. The van der Waals surface area contributed by atoms with Crippen LogP contribution in [-0.2, 0) is 19.1 Å². The molecule has 1 saturated heterocycles. The Balaban J connectivity index is 1.76. The molecule has 1 aliphatic heterocycles. The maximum absolute atomic E-state index is 13.3. The number of carboxylic acid groups (broad SMARTS) is 1. The zero-order valence-electron chi connectivity index (χ0n) is 23.4. The van der Waals surface area contributed by atoms with Gasteiger partial charge in [-0.3, -0.25) is 19.2 Å². The summed E-state index contributed by atoms with van der Waals surface area (Å²) < 4.78 is 12.0. The summed E-state index contributed by atoms with van der Waals surface area (Å²) >= 11 is 0. The number of hydrogen-bond donors (Lipinski definition) is 3. The van der Waals surface area contributed by atoms with Crippen molar-refractivity contribution in [2.24, 2.45) is 0 Å². The lowest BCUT2D eigenvalue weighted by Crippen LogP contribution is -2.56. The third kappa shape index (κ3) is 8.95. The lowest BCUT2D eigenvalue weighted by Gasteiger charge is -2.35. The number of ether oxygens (including phenoxy) is 2. The van der Waals surface area contributed by atoms with E-state index in [0.29, 0.717) is 5.69 Å². The summed E-state index contributed by atoms with van der Waals surface area (Å²) in [4.78, 5) is 65.0. The Hall–Kier alpha value is -4.62. The van der Waals surface area contributed by atoms with E-state index in [1.165, 1.54) is 20.5 Å². The number of nitrogens with zero attached hydrogens (tertiary/aromatic N) is 4. The van der Waals surface area contributed by atoms with Crippen molar-refractivity contribution in [2.75, 3.05) is 39.4 Å². The van der Waals surface area contributed by atoms with Gasteiger partial charge in [-0.2, -0.15) is 5.10 Å². The molecule has 0 spiro atoms. The zero-order chi connectivity index (χ0) is 29.9. The Bertz CT molecular complexity index is 1220. The van der Waals surface area contributed by atoms with Crippen LogP contribution in [-0.4, -0.2) is 106 Å². The number of aromatic nitrogens is 2. The smallest absolute Gasteiger partial charge is 0.409 e. The molecule has 1 aromatic carbocycles. The molecule has 0 radical (unpaired) electrons. The van der Waals surface area contributed by atoms with Gasteiger partial charge in [-0.15, -0.1) is 0 Å². The largest absolute Gasteiger partial charge is 0.481 e. The van der Waals surface area contributed by atoms with Gasteiger partial charge < -0.3 is 35.0 Å². The Morgan fingerprint density at radius 1 is 1.00 bits per heavy atom. The second-order valence-corrected chi connectivity index (χ2v) is 9.60.